The Balaban J connectivity index is 3.68. The molecular formula is C8H18Se. The van der Waals surface area contributed by atoms with E-state index in [-0.39, 0.29) is 0 Å². The van der Waals surface area contributed by atoms with Crippen molar-refractivity contribution in [3.05, 3.63) is 0 Å². The maximum atomic E-state index is 2.34. The van der Waals surface area contributed by atoms with E-state index in [1.54, 1.807) is 0 Å². The van der Waals surface area contributed by atoms with Crippen molar-refractivity contribution in [3.8, 4) is 0 Å². The summed E-state index contributed by atoms with van der Waals surface area (Å²) < 4.78 is 0. The number of hydrogen-bond acceptors (Lipinski definition) is 0. The predicted molar refractivity (Wildman–Crippen MR) is 45.0 cm³/mol. The van der Waals surface area contributed by atoms with Crippen molar-refractivity contribution in [2.24, 2.45) is 11.8 Å². The molecule has 0 aromatic rings. The Morgan fingerprint density at radius 3 is 1.22 bits per heavy atom. The van der Waals surface area contributed by atoms with Crippen LogP contribution in [-0.2, 0) is 0 Å². The summed E-state index contributed by atoms with van der Waals surface area (Å²) in [7, 11) is 0. The van der Waals surface area contributed by atoms with Gasteiger partial charge in [-0.3, -0.25) is 0 Å². The van der Waals surface area contributed by atoms with Gasteiger partial charge in [0.1, 0.15) is 0 Å². The Morgan fingerprint density at radius 2 is 1.22 bits per heavy atom. The Morgan fingerprint density at radius 1 is 0.889 bits per heavy atom. The predicted octanol–water partition coefficient (Wildman–Crippen LogP) is 2.84. The third-order valence-electron chi connectivity index (χ3n) is 1.59. The summed E-state index contributed by atoms with van der Waals surface area (Å²) in [6.45, 7) is 9.32. The van der Waals surface area contributed by atoms with Gasteiger partial charge in [-0.15, -0.1) is 0 Å². The number of rotatable bonds is 3. The summed E-state index contributed by atoms with van der Waals surface area (Å²) in [5, 5.41) is 0. The molecule has 0 heterocycles. The summed E-state index contributed by atoms with van der Waals surface area (Å²) in [5.74, 6) is 4.11. The van der Waals surface area contributed by atoms with E-state index in [4.69, 9.17) is 0 Å². The molecule has 0 rings (SSSR count). The molecule has 1 heteroatoms. The first-order valence-corrected chi connectivity index (χ1v) is 6.32. The molecule has 0 spiro atoms. The van der Waals surface area contributed by atoms with E-state index in [1.165, 1.54) is 0 Å². The molecule has 9 heavy (non-hydrogen) atoms. The third-order valence-corrected chi connectivity index (χ3v) is 5.01. The van der Waals surface area contributed by atoms with Crippen molar-refractivity contribution in [3.63, 3.8) is 0 Å². The molecule has 0 fully saturated rings. The zero-order valence-electron chi connectivity index (χ0n) is 7.14. The van der Waals surface area contributed by atoms with Crippen molar-refractivity contribution in [1.29, 1.82) is 0 Å². The molecule has 0 aromatic carbocycles. The van der Waals surface area contributed by atoms with Crippen LogP contribution in [0.15, 0.2) is 0 Å². The Labute approximate surface area is 65.6 Å². The van der Waals surface area contributed by atoms with Crippen molar-refractivity contribution in [2.75, 3.05) is 0 Å². The first-order chi connectivity index (χ1) is 4.09. The second-order valence-corrected chi connectivity index (χ2v) is 5.32. The monoisotopic (exact) mass is 194 g/mol. The van der Waals surface area contributed by atoms with Crippen LogP contribution in [0, 0.1) is 11.8 Å². The summed E-state index contributed by atoms with van der Waals surface area (Å²) >= 11 is 0.836. The van der Waals surface area contributed by atoms with Gasteiger partial charge in [-0.1, -0.05) is 0 Å². The van der Waals surface area contributed by atoms with Crippen LogP contribution in [0.2, 0.25) is 10.6 Å². The zero-order valence-corrected chi connectivity index (χ0v) is 8.85. The fourth-order valence-corrected chi connectivity index (χ4v) is 3.60. The van der Waals surface area contributed by atoms with Crippen LogP contribution in [0.5, 0.6) is 0 Å². The fourth-order valence-electron chi connectivity index (χ4n) is 1.31. The average Bonchev–Trinajstić information content (AvgIpc) is 1.64. The van der Waals surface area contributed by atoms with Gasteiger partial charge in [-0.2, -0.15) is 0 Å². The summed E-state index contributed by atoms with van der Waals surface area (Å²) in [4.78, 5) is 0.984. The summed E-state index contributed by atoms with van der Waals surface area (Å²) in [5.41, 5.74) is 0. The molecule has 56 valence electrons. The van der Waals surface area contributed by atoms with E-state index in [0.717, 1.165) is 31.6 Å². The van der Waals surface area contributed by atoms with E-state index in [2.05, 4.69) is 33.5 Å². The molecule has 0 saturated heterocycles. The molecule has 0 N–H and O–H groups in total. The Hall–Kier alpha value is 0.519. The van der Waals surface area contributed by atoms with E-state index >= 15 is 0 Å². The van der Waals surface area contributed by atoms with Gasteiger partial charge in [0.2, 0.25) is 0 Å². The first kappa shape index (κ1) is 9.52. The second-order valence-electron chi connectivity index (χ2n) is 3.19. The quantitative estimate of drug-likeness (QED) is 0.604. The Kier molecular flexibility index (Phi) is 4.60. The van der Waals surface area contributed by atoms with Crippen molar-refractivity contribution in [2.45, 2.75) is 38.3 Å². The van der Waals surface area contributed by atoms with Gasteiger partial charge in [-0.25, -0.2) is 0 Å². The minimum atomic E-state index is 0.836. The molecule has 0 amide bonds. The third kappa shape index (κ3) is 3.27. The minimum absolute atomic E-state index is 0.836. The van der Waals surface area contributed by atoms with Crippen molar-refractivity contribution >= 4 is 15.0 Å². The molecule has 0 nitrogen and oxygen atoms in total. The van der Waals surface area contributed by atoms with Crippen LogP contribution in [0.3, 0.4) is 0 Å². The van der Waals surface area contributed by atoms with Crippen LogP contribution < -0.4 is 0 Å². The summed E-state index contributed by atoms with van der Waals surface area (Å²) in [6, 6.07) is 0. The maximum absolute atomic E-state index is 2.34. The van der Waals surface area contributed by atoms with Gasteiger partial charge in [0.25, 0.3) is 0 Å². The van der Waals surface area contributed by atoms with E-state index in [0.29, 0.717) is 0 Å². The molecule has 0 aliphatic carbocycles. The second kappa shape index (κ2) is 4.35. The average molecular weight is 193 g/mol. The molecule has 0 aliphatic rings. The molecular weight excluding hydrogens is 175 g/mol. The molecule has 0 unspecified atom stereocenters. The van der Waals surface area contributed by atoms with Gasteiger partial charge >= 0.3 is 65.1 Å². The first-order valence-electron chi connectivity index (χ1n) is 3.62. The number of hydrogen-bond donors (Lipinski definition) is 0. The van der Waals surface area contributed by atoms with Crippen LogP contribution >= 0.6 is 0 Å². The molecule has 0 bridgehead atoms. The van der Waals surface area contributed by atoms with Gasteiger partial charge in [0.15, 0.2) is 0 Å². The van der Waals surface area contributed by atoms with E-state index < -0.39 is 0 Å². The van der Waals surface area contributed by atoms with Crippen LogP contribution in [-0.4, -0.2) is 15.0 Å². The fraction of sp³-hybridized carbons (Fsp3) is 1.00. The molecule has 0 atom stereocenters. The zero-order chi connectivity index (χ0) is 7.44. The molecule has 0 saturated carbocycles. The SMILES string of the molecule is C[Se]C(C(C)C)C(C)C. The normalized spacial score (nSPS) is 12.0. The van der Waals surface area contributed by atoms with Gasteiger partial charge in [-0.05, 0) is 0 Å². The van der Waals surface area contributed by atoms with Gasteiger partial charge < -0.3 is 0 Å². The van der Waals surface area contributed by atoms with Crippen molar-refractivity contribution < 1.29 is 0 Å². The van der Waals surface area contributed by atoms with Crippen LogP contribution in [0.4, 0.5) is 0 Å². The topological polar surface area (TPSA) is 0 Å². The van der Waals surface area contributed by atoms with E-state index in [1.807, 2.05) is 0 Å². The standard InChI is InChI=1S/C8H18Se/c1-6(2)8(9-5)7(3)4/h6-8H,1-5H3. The summed E-state index contributed by atoms with van der Waals surface area (Å²) in [6.07, 6.45) is 0. The molecule has 0 aliphatic heterocycles. The van der Waals surface area contributed by atoms with Gasteiger partial charge in [0, 0.05) is 0 Å². The molecule has 0 radical (unpaired) electrons. The van der Waals surface area contributed by atoms with Crippen LogP contribution in [0.1, 0.15) is 27.7 Å². The van der Waals surface area contributed by atoms with Crippen molar-refractivity contribution in [1.82, 2.24) is 0 Å². The van der Waals surface area contributed by atoms with Crippen LogP contribution in [0.25, 0.3) is 0 Å². The molecule has 0 aromatic heterocycles. The Bertz CT molecular complexity index is 59.0. The van der Waals surface area contributed by atoms with Gasteiger partial charge in [0.05, 0.1) is 0 Å². The van der Waals surface area contributed by atoms with E-state index in [9.17, 15) is 0 Å².